The van der Waals surface area contributed by atoms with Crippen LogP contribution in [0.1, 0.15) is 12.8 Å². The van der Waals surface area contributed by atoms with Crippen molar-refractivity contribution in [2.24, 2.45) is 0 Å². The molecule has 0 saturated carbocycles. The summed E-state index contributed by atoms with van der Waals surface area (Å²) in [7, 11) is 0. The Kier molecular flexibility index (Phi) is 7.95. The van der Waals surface area contributed by atoms with Gasteiger partial charge in [-0.25, -0.2) is 0 Å². The second-order valence-corrected chi connectivity index (χ2v) is 5.73. The minimum Gasteiger partial charge on any atom is -0.486 e. The molecule has 5 nitrogen and oxygen atoms in total. The summed E-state index contributed by atoms with van der Waals surface area (Å²) in [5.74, 6) is 1.64. The first kappa shape index (κ1) is 18.3. The Bertz CT molecular complexity index is 454. The number of ether oxygens (including phenoxy) is 4. The summed E-state index contributed by atoms with van der Waals surface area (Å²) < 4.78 is 22.6. The van der Waals surface area contributed by atoms with E-state index in [0.717, 1.165) is 57.4 Å². The highest BCUT2D eigenvalue weighted by Crippen LogP contribution is 2.30. The van der Waals surface area contributed by atoms with Crippen LogP contribution in [0.25, 0.3) is 0 Å². The second kappa shape index (κ2) is 9.98. The zero-order chi connectivity index (χ0) is 15.0. The summed E-state index contributed by atoms with van der Waals surface area (Å²) in [6.07, 6.45) is 2.25. The van der Waals surface area contributed by atoms with Gasteiger partial charge < -0.3 is 18.9 Å². The van der Waals surface area contributed by atoms with Crippen LogP contribution < -0.4 is 9.47 Å². The molecule has 1 atom stereocenters. The molecule has 2 aliphatic rings. The van der Waals surface area contributed by atoms with Gasteiger partial charge in [0.15, 0.2) is 17.6 Å². The Hall–Kier alpha value is -1.01. The van der Waals surface area contributed by atoms with E-state index in [2.05, 4.69) is 4.90 Å². The first-order chi connectivity index (χ1) is 10.9. The Morgan fingerprint density at radius 1 is 1.09 bits per heavy atom. The minimum atomic E-state index is -0.00542. The molecule has 1 aromatic carbocycles. The van der Waals surface area contributed by atoms with E-state index < -0.39 is 0 Å². The molecule has 0 aliphatic carbocycles. The molecule has 0 N–H and O–H groups in total. The topological polar surface area (TPSA) is 40.2 Å². The lowest BCUT2D eigenvalue weighted by Crippen LogP contribution is -2.37. The van der Waals surface area contributed by atoms with Crippen LogP contribution in [0, 0.1) is 0 Å². The first-order valence-corrected chi connectivity index (χ1v) is 8.18. The van der Waals surface area contributed by atoms with Gasteiger partial charge in [-0.3, -0.25) is 4.90 Å². The van der Waals surface area contributed by atoms with Gasteiger partial charge in [0, 0.05) is 19.7 Å². The van der Waals surface area contributed by atoms with Gasteiger partial charge in [0.25, 0.3) is 0 Å². The standard InChI is InChI=1S/C17H25NO4.ClH/c1-2-6-17-16(5-1)21-14-15(22-17)13-20-10-4-3-7-18-8-11-19-12-9-18;/h1-2,5-6,15H,3-4,7-14H2;1H. The van der Waals surface area contributed by atoms with Crippen LogP contribution in [-0.4, -0.2) is 63.7 Å². The van der Waals surface area contributed by atoms with Gasteiger partial charge in [-0.15, -0.1) is 12.4 Å². The number of hydrogen-bond acceptors (Lipinski definition) is 5. The maximum Gasteiger partial charge on any atom is 0.161 e. The molecular weight excluding hydrogens is 318 g/mol. The van der Waals surface area contributed by atoms with Crippen LogP contribution in [-0.2, 0) is 9.47 Å². The van der Waals surface area contributed by atoms with E-state index in [4.69, 9.17) is 18.9 Å². The second-order valence-electron chi connectivity index (χ2n) is 5.73. The maximum absolute atomic E-state index is 5.86. The molecule has 0 amide bonds. The third kappa shape index (κ3) is 5.84. The molecule has 1 saturated heterocycles. The summed E-state index contributed by atoms with van der Waals surface area (Å²) in [6.45, 7) is 6.95. The predicted octanol–water partition coefficient (Wildman–Crippen LogP) is 2.38. The Morgan fingerprint density at radius 3 is 2.70 bits per heavy atom. The fourth-order valence-electron chi connectivity index (χ4n) is 2.72. The molecule has 0 radical (unpaired) electrons. The summed E-state index contributed by atoms with van der Waals surface area (Å²) in [6, 6.07) is 7.77. The fourth-order valence-corrected chi connectivity index (χ4v) is 2.72. The largest absolute Gasteiger partial charge is 0.486 e. The van der Waals surface area contributed by atoms with Gasteiger partial charge in [0.05, 0.1) is 19.8 Å². The summed E-state index contributed by atoms with van der Waals surface area (Å²) in [5.41, 5.74) is 0. The quantitative estimate of drug-likeness (QED) is 0.711. The molecular formula is C17H26ClNO4. The number of rotatable bonds is 7. The van der Waals surface area contributed by atoms with Crippen molar-refractivity contribution in [1.29, 1.82) is 0 Å². The van der Waals surface area contributed by atoms with Crippen molar-refractivity contribution in [2.45, 2.75) is 18.9 Å². The zero-order valence-corrected chi connectivity index (χ0v) is 14.3. The van der Waals surface area contributed by atoms with E-state index >= 15 is 0 Å². The van der Waals surface area contributed by atoms with Crippen molar-refractivity contribution >= 4 is 12.4 Å². The summed E-state index contributed by atoms with van der Waals surface area (Å²) in [5, 5.41) is 0. The summed E-state index contributed by atoms with van der Waals surface area (Å²) >= 11 is 0. The molecule has 1 unspecified atom stereocenters. The van der Waals surface area contributed by atoms with Crippen LogP contribution >= 0.6 is 12.4 Å². The van der Waals surface area contributed by atoms with Crippen molar-refractivity contribution in [3.8, 4) is 11.5 Å². The smallest absolute Gasteiger partial charge is 0.161 e. The van der Waals surface area contributed by atoms with Gasteiger partial charge in [-0.05, 0) is 31.5 Å². The van der Waals surface area contributed by atoms with Crippen molar-refractivity contribution in [3.05, 3.63) is 24.3 Å². The van der Waals surface area contributed by atoms with Gasteiger partial charge in [-0.1, -0.05) is 12.1 Å². The van der Waals surface area contributed by atoms with E-state index in [0.29, 0.717) is 13.2 Å². The number of fused-ring (bicyclic) bond motifs is 1. The van der Waals surface area contributed by atoms with E-state index in [1.807, 2.05) is 24.3 Å². The van der Waals surface area contributed by atoms with E-state index in [1.165, 1.54) is 6.42 Å². The van der Waals surface area contributed by atoms with Crippen molar-refractivity contribution in [1.82, 2.24) is 4.90 Å². The highest BCUT2D eigenvalue weighted by molar-refractivity contribution is 5.85. The number of morpholine rings is 1. The molecule has 0 aromatic heterocycles. The Balaban J connectivity index is 0.00000192. The predicted molar refractivity (Wildman–Crippen MR) is 90.9 cm³/mol. The van der Waals surface area contributed by atoms with E-state index in [-0.39, 0.29) is 18.5 Å². The number of para-hydroxylation sites is 2. The van der Waals surface area contributed by atoms with Crippen molar-refractivity contribution < 1.29 is 18.9 Å². The molecule has 1 fully saturated rings. The van der Waals surface area contributed by atoms with Crippen molar-refractivity contribution in [2.75, 3.05) is 52.7 Å². The zero-order valence-electron chi connectivity index (χ0n) is 13.4. The Morgan fingerprint density at radius 2 is 1.87 bits per heavy atom. The van der Waals surface area contributed by atoms with Crippen LogP contribution in [0.2, 0.25) is 0 Å². The van der Waals surface area contributed by atoms with Gasteiger partial charge in [-0.2, -0.15) is 0 Å². The molecule has 3 rings (SSSR count). The molecule has 6 heteroatoms. The molecule has 2 aliphatic heterocycles. The number of benzene rings is 1. The minimum absolute atomic E-state index is 0. The number of unbranched alkanes of at least 4 members (excludes halogenated alkanes) is 1. The van der Waals surface area contributed by atoms with E-state index in [9.17, 15) is 0 Å². The third-order valence-electron chi connectivity index (χ3n) is 3.99. The fraction of sp³-hybridized carbons (Fsp3) is 0.647. The lowest BCUT2D eigenvalue weighted by atomic mass is 10.2. The molecule has 2 heterocycles. The van der Waals surface area contributed by atoms with Crippen LogP contribution in [0.3, 0.4) is 0 Å². The van der Waals surface area contributed by atoms with Crippen LogP contribution in [0.4, 0.5) is 0 Å². The number of hydrogen-bond donors (Lipinski definition) is 0. The monoisotopic (exact) mass is 343 g/mol. The van der Waals surface area contributed by atoms with Gasteiger partial charge in [0.1, 0.15) is 6.61 Å². The van der Waals surface area contributed by atoms with Crippen LogP contribution in [0.5, 0.6) is 11.5 Å². The lowest BCUT2D eigenvalue weighted by Gasteiger charge is -2.27. The first-order valence-electron chi connectivity index (χ1n) is 8.18. The van der Waals surface area contributed by atoms with Gasteiger partial charge in [0.2, 0.25) is 0 Å². The number of nitrogens with zero attached hydrogens (tertiary/aromatic N) is 1. The molecule has 23 heavy (non-hydrogen) atoms. The molecule has 130 valence electrons. The SMILES string of the molecule is Cl.c1ccc2c(c1)OCC(COCCCCN1CCOCC1)O2. The molecule has 1 aromatic rings. The normalized spacial score (nSPS) is 20.8. The average molecular weight is 344 g/mol. The van der Waals surface area contributed by atoms with E-state index in [1.54, 1.807) is 0 Å². The maximum atomic E-state index is 5.86. The Labute approximate surface area is 144 Å². The summed E-state index contributed by atoms with van der Waals surface area (Å²) in [4.78, 5) is 2.46. The third-order valence-corrected chi connectivity index (χ3v) is 3.99. The average Bonchev–Trinajstić information content (AvgIpc) is 2.59. The number of halogens is 1. The van der Waals surface area contributed by atoms with Crippen LogP contribution in [0.15, 0.2) is 24.3 Å². The molecule has 0 bridgehead atoms. The van der Waals surface area contributed by atoms with Crippen molar-refractivity contribution in [3.63, 3.8) is 0 Å². The molecule has 0 spiro atoms. The van der Waals surface area contributed by atoms with Gasteiger partial charge >= 0.3 is 0 Å². The highest BCUT2D eigenvalue weighted by atomic mass is 35.5. The lowest BCUT2D eigenvalue weighted by molar-refractivity contribution is 0.00596. The highest BCUT2D eigenvalue weighted by Gasteiger charge is 2.20.